The summed E-state index contributed by atoms with van der Waals surface area (Å²) in [5.74, 6) is -0.0134. The Morgan fingerprint density at radius 1 is 1.24 bits per heavy atom. The number of aromatic nitrogens is 3. The predicted molar refractivity (Wildman–Crippen MR) is 133 cm³/mol. The monoisotopic (exact) mass is 516 g/mol. The highest BCUT2D eigenvalue weighted by Gasteiger charge is 2.45. The van der Waals surface area contributed by atoms with E-state index >= 15 is 0 Å². The predicted octanol–water partition coefficient (Wildman–Crippen LogP) is 5.56. The van der Waals surface area contributed by atoms with Crippen LogP contribution in [0.1, 0.15) is 58.4 Å². The molecule has 0 N–H and O–H groups in total. The molecule has 0 aliphatic carbocycles. The van der Waals surface area contributed by atoms with Crippen LogP contribution in [0.15, 0.2) is 41.7 Å². The molecular weight excluding hydrogens is 492 g/mol. The summed E-state index contributed by atoms with van der Waals surface area (Å²) in [6.07, 6.45) is 6.37. The molecule has 2 saturated heterocycles. The van der Waals surface area contributed by atoms with Gasteiger partial charge in [0.15, 0.2) is 0 Å². The molecule has 0 spiro atoms. The van der Waals surface area contributed by atoms with Gasteiger partial charge in [0.1, 0.15) is 12.3 Å². The highest BCUT2D eigenvalue weighted by atomic mass is 35.5. The average molecular weight is 517 g/mol. The first-order chi connectivity index (χ1) is 16.5. The summed E-state index contributed by atoms with van der Waals surface area (Å²) in [6.45, 7) is 3.84. The van der Waals surface area contributed by atoms with Crippen molar-refractivity contribution in [3.05, 3.63) is 68.0 Å². The maximum absolute atomic E-state index is 13.2. The molecule has 2 aliphatic heterocycles. The number of hydrogen-bond donors (Lipinski definition) is 0. The van der Waals surface area contributed by atoms with E-state index < -0.39 is 0 Å². The molecule has 5 rings (SSSR count). The van der Waals surface area contributed by atoms with Crippen molar-refractivity contribution in [2.24, 2.45) is 0 Å². The normalized spacial score (nSPS) is 21.6. The van der Waals surface area contributed by atoms with Gasteiger partial charge in [-0.3, -0.25) is 4.79 Å². The van der Waals surface area contributed by atoms with Crippen molar-refractivity contribution in [1.82, 2.24) is 19.7 Å². The highest BCUT2D eigenvalue weighted by molar-refractivity contribution is 7.16. The number of carbonyl (C=O) groups is 2. The van der Waals surface area contributed by atoms with Gasteiger partial charge in [0.05, 0.1) is 15.5 Å². The number of piperidine rings is 1. The van der Waals surface area contributed by atoms with E-state index in [9.17, 15) is 9.59 Å². The topological polar surface area (TPSA) is 77.3 Å². The molecule has 10 heteroatoms. The number of ether oxygens (including phenoxy) is 1. The van der Waals surface area contributed by atoms with E-state index in [2.05, 4.69) is 17.6 Å². The van der Waals surface area contributed by atoms with E-state index in [-0.39, 0.29) is 36.6 Å². The highest BCUT2D eigenvalue weighted by Crippen LogP contribution is 2.43. The zero-order chi connectivity index (χ0) is 23.7. The minimum Gasteiger partial charge on any atom is -0.445 e. The van der Waals surface area contributed by atoms with Crippen LogP contribution in [0.2, 0.25) is 4.34 Å². The van der Waals surface area contributed by atoms with Crippen LogP contribution in [0.3, 0.4) is 0 Å². The first-order valence-electron chi connectivity index (χ1n) is 11.4. The molecule has 0 radical (unpaired) electrons. The van der Waals surface area contributed by atoms with Crippen LogP contribution in [0, 0.1) is 0 Å². The van der Waals surface area contributed by atoms with E-state index in [0.717, 1.165) is 47.8 Å². The molecule has 2 bridgehead atoms. The van der Waals surface area contributed by atoms with Crippen LogP contribution in [-0.2, 0) is 17.6 Å². The SMILES string of the molecule is C=CCOC(=O)N1C2CCC1CC(c1cc(CCc3ccc(Cl)s3)n(C(=O)c3cscn3)n1)C2. The fraction of sp³-hybridized carbons (Fsp3) is 0.417. The Hall–Kier alpha value is -2.49. The van der Waals surface area contributed by atoms with Crippen molar-refractivity contribution in [2.45, 2.75) is 56.5 Å². The number of thiophene rings is 1. The standard InChI is InChI=1S/C24H25ClN4O3S2/c1-2-9-32-24(31)28-16-3-4-17(28)11-15(10-16)20-12-18(5-6-19-7-8-22(25)34-19)29(27-20)23(30)21-13-33-14-26-21/h2,7-8,12-17H,1,3-6,9-11H2. The summed E-state index contributed by atoms with van der Waals surface area (Å²) >= 11 is 9.04. The molecule has 3 aromatic rings. The lowest BCUT2D eigenvalue weighted by molar-refractivity contribution is 0.0723. The molecule has 34 heavy (non-hydrogen) atoms. The van der Waals surface area contributed by atoms with Crippen molar-refractivity contribution in [2.75, 3.05) is 6.61 Å². The third-order valence-corrected chi connectivity index (χ3v) is 8.47. The summed E-state index contributed by atoms with van der Waals surface area (Å²) in [4.78, 5) is 33.0. The van der Waals surface area contributed by atoms with Crippen LogP contribution >= 0.6 is 34.3 Å². The van der Waals surface area contributed by atoms with Crippen LogP contribution in [0.25, 0.3) is 0 Å². The Balaban J connectivity index is 1.37. The Kier molecular flexibility index (Phi) is 6.85. The van der Waals surface area contributed by atoms with Gasteiger partial charge >= 0.3 is 6.09 Å². The Bertz CT molecular complexity index is 1170. The molecule has 0 aromatic carbocycles. The van der Waals surface area contributed by atoms with E-state index in [1.54, 1.807) is 28.3 Å². The molecule has 2 fully saturated rings. The smallest absolute Gasteiger partial charge is 0.410 e. The molecule has 0 saturated carbocycles. The summed E-state index contributed by atoms with van der Waals surface area (Å²) in [7, 11) is 0. The molecule has 7 nitrogen and oxygen atoms in total. The molecule has 3 aromatic heterocycles. The molecule has 2 unspecified atom stereocenters. The van der Waals surface area contributed by atoms with E-state index in [0.29, 0.717) is 12.1 Å². The lowest BCUT2D eigenvalue weighted by atomic mass is 9.88. The maximum Gasteiger partial charge on any atom is 0.410 e. The van der Waals surface area contributed by atoms with Crippen molar-refractivity contribution in [1.29, 1.82) is 0 Å². The fourth-order valence-corrected chi connectivity index (χ4v) is 6.69. The number of aryl methyl sites for hydroxylation is 2. The van der Waals surface area contributed by atoms with E-state index in [4.69, 9.17) is 21.4 Å². The number of hydrogen-bond acceptors (Lipinski definition) is 7. The third-order valence-electron chi connectivity index (χ3n) is 6.59. The molecule has 178 valence electrons. The van der Waals surface area contributed by atoms with Crippen molar-refractivity contribution >= 4 is 46.3 Å². The van der Waals surface area contributed by atoms with Gasteiger partial charge in [-0.05, 0) is 56.7 Å². The minimum absolute atomic E-state index is 0.136. The third kappa shape index (κ3) is 4.69. The number of nitrogens with zero attached hydrogens (tertiary/aromatic N) is 4. The quantitative estimate of drug-likeness (QED) is 0.384. The second-order valence-corrected chi connectivity index (χ2v) is 11.2. The minimum atomic E-state index is -0.259. The van der Waals surface area contributed by atoms with Crippen LogP contribution in [0.4, 0.5) is 4.79 Å². The average Bonchev–Trinajstić information content (AvgIpc) is 3.62. The van der Waals surface area contributed by atoms with Gasteiger partial charge in [0, 0.05) is 34.0 Å². The second-order valence-electron chi connectivity index (χ2n) is 8.68. The molecular formula is C24H25ClN4O3S2. The zero-order valence-electron chi connectivity index (χ0n) is 18.6. The number of thiazole rings is 1. The lowest BCUT2D eigenvalue weighted by Gasteiger charge is -2.37. The van der Waals surface area contributed by atoms with Crippen LogP contribution in [0.5, 0.6) is 0 Å². The summed E-state index contributed by atoms with van der Waals surface area (Å²) in [5.41, 5.74) is 3.85. The van der Waals surface area contributed by atoms with Gasteiger partial charge < -0.3 is 9.64 Å². The first-order valence-corrected chi connectivity index (χ1v) is 13.5. The number of rotatable bonds is 7. The second kappa shape index (κ2) is 10.0. The number of fused-ring (bicyclic) bond motifs is 2. The largest absolute Gasteiger partial charge is 0.445 e. The molecule has 2 atom stereocenters. The van der Waals surface area contributed by atoms with Gasteiger partial charge in [-0.2, -0.15) is 9.78 Å². The van der Waals surface area contributed by atoms with Gasteiger partial charge in [-0.1, -0.05) is 24.3 Å². The Labute approximate surface area is 211 Å². The Morgan fingerprint density at radius 3 is 2.68 bits per heavy atom. The Morgan fingerprint density at radius 2 is 2.03 bits per heavy atom. The number of amides is 1. The van der Waals surface area contributed by atoms with Gasteiger partial charge in [-0.25, -0.2) is 9.78 Å². The molecule has 2 aliphatic rings. The van der Waals surface area contributed by atoms with Crippen LogP contribution < -0.4 is 0 Å². The van der Waals surface area contributed by atoms with E-state index in [1.807, 2.05) is 17.0 Å². The van der Waals surface area contributed by atoms with Crippen molar-refractivity contribution < 1.29 is 14.3 Å². The van der Waals surface area contributed by atoms with Gasteiger partial charge in [0.25, 0.3) is 5.91 Å². The lowest BCUT2D eigenvalue weighted by Crippen LogP contribution is -2.46. The van der Waals surface area contributed by atoms with Crippen LogP contribution in [-0.4, -0.2) is 50.4 Å². The first kappa shape index (κ1) is 23.3. The molecule has 5 heterocycles. The van der Waals surface area contributed by atoms with Crippen molar-refractivity contribution in [3.63, 3.8) is 0 Å². The summed E-state index contributed by atoms with van der Waals surface area (Å²) in [5, 5.41) is 6.53. The maximum atomic E-state index is 13.2. The summed E-state index contributed by atoms with van der Waals surface area (Å²) < 4.78 is 7.60. The van der Waals surface area contributed by atoms with E-state index in [1.165, 1.54) is 20.9 Å². The number of halogens is 1. The van der Waals surface area contributed by atoms with Gasteiger partial charge in [-0.15, -0.1) is 22.7 Å². The van der Waals surface area contributed by atoms with Gasteiger partial charge in [0.2, 0.25) is 0 Å². The van der Waals surface area contributed by atoms with Crippen molar-refractivity contribution in [3.8, 4) is 0 Å². The zero-order valence-corrected chi connectivity index (χ0v) is 20.9. The summed E-state index contributed by atoms with van der Waals surface area (Å²) in [6, 6.07) is 6.26. The number of carbonyl (C=O) groups excluding carboxylic acids is 2. The molecule has 1 amide bonds. The fourth-order valence-electron chi connectivity index (χ4n) is 5.08.